The molecule has 0 N–H and O–H groups in total. The SMILES string of the molecule is O=C(OCC1c2ccccc2-c2ccccc21)N1CCC(S(=O)c2ccc(Br)cc2)C1. The van der Waals surface area contributed by atoms with E-state index in [-0.39, 0.29) is 17.3 Å². The highest BCUT2D eigenvalue weighted by atomic mass is 79.9. The standard InChI is InChI=1S/C25H22BrNO3S/c26-17-9-11-18(12-10-17)31(29)19-13-14-27(15-19)25(28)30-16-24-22-7-3-1-5-20(22)21-6-2-4-8-23(21)24/h1-12,19,24H,13-16H2. The summed E-state index contributed by atoms with van der Waals surface area (Å²) in [6, 6.07) is 24.1. The Kier molecular flexibility index (Phi) is 5.67. The van der Waals surface area contributed by atoms with Crippen molar-refractivity contribution in [1.29, 1.82) is 0 Å². The van der Waals surface area contributed by atoms with Gasteiger partial charge in [0.25, 0.3) is 0 Å². The van der Waals surface area contributed by atoms with Gasteiger partial charge in [-0.1, -0.05) is 64.5 Å². The van der Waals surface area contributed by atoms with Crippen LogP contribution in [-0.2, 0) is 15.5 Å². The van der Waals surface area contributed by atoms with E-state index in [1.807, 2.05) is 48.5 Å². The van der Waals surface area contributed by atoms with Crippen LogP contribution in [0.1, 0.15) is 23.5 Å². The number of halogens is 1. The molecule has 0 spiro atoms. The summed E-state index contributed by atoms with van der Waals surface area (Å²) in [5.74, 6) is 0.0478. The molecule has 2 atom stereocenters. The van der Waals surface area contributed by atoms with E-state index < -0.39 is 10.8 Å². The average Bonchev–Trinajstić information content (AvgIpc) is 3.41. The Morgan fingerprint density at radius 1 is 0.968 bits per heavy atom. The number of rotatable bonds is 4. The van der Waals surface area contributed by atoms with Gasteiger partial charge in [-0.05, 0) is 52.9 Å². The van der Waals surface area contributed by atoms with Crippen LogP contribution in [0.3, 0.4) is 0 Å². The largest absolute Gasteiger partial charge is 0.448 e. The van der Waals surface area contributed by atoms with Gasteiger partial charge in [0, 0.05) is 28.4 Å². The van der Waals surface area contributed by atoms with E-state index in [2.05, 4.69) is 40.2 Å². The highest BCUT2D eigenvalue weighted by molar-refractivity contribution is 9.10. The number of amides is 1. The van der Waals surface area contributed by atoms with E-state index in [1.165, 1.54) is 22.3 Å². The van der Waals surface area contributed by atoms with Crippen LogP contribution >= 0.6 is 15.9 Å². The minimum absolute atomic E-state index is 0.0478. The van der Waals surface area contributed by atoms with E-state index in [4.69, 9.17) is 4.74 Å². The summed E-state index contributed by atoms with van der Waals surface area (Å²) in [6.07, 6.45) is 0.393. The van der Waals surface area contributed by atoms with Crippen LogP contribution in [-0.4, -0.2) is 40.1 Å². The first kappa shape index (κ1) is 20.5. The molecule has 1 saturated heterocycles. The van der Waals surface area contributed by atoms with Crippen molar-refractivity contribution in [2.45, 2.75) is 22.5 Å². The Balaban J connectivity index is 1.24. The number of carbonyl (C=O) groups excluding carboxylic acids is 1. The van der Waals surface area contributed by atoms with Gasteiger partial charge < -0.3 is 9.64 Å². The number of benzene rings is 3. The van der Waals surface area contributed by atoms with Gasteiger partial charge in [0.1, 0.15) is 6.61 Å². The molecule has 0 bridgehead atoms. The lowest BCUT2D eigenvalue weighted by molar-refractivity contribution is 0.108. The topological polar surface area (TPSA) is 46.6 Å². The van der Waals surface area contributed by atoms with Gasteiger partial charge in [-0.3, -0.25) is 4.21 Å². The molecule has 1 aliphatic carbocycles. The van der Waals surface area contributed by atoms with Crippen molar-refractivity contribution in [3.05, 3.63) is 88.4 Å². The molecular weight excluding hydrogens is 474 g/mol. The fraction of sp³-hybridized carbons (Fsp3) is 0.240. The molecule has 1 heterocycles. The molecular formula is C25H22BrNO3S. The lowest BCUT2D eigenvalue weighted by Gasteiger charge is -2.19. The second-order valence-corrected chi connectivity index (χ2v) is 10.6. The fourth-order valence-corrected chi connectivity index (χ4v) is 6.20. The zero-order valence-corrected chi connectivity index (χ0v) is 19.3. The molecule has 1 fully saturated rings. The minimum Gasteiger partial charge on any atom is -0.448 e. The second kappa shape index (κ2) is 8.60. The molecule has 158 valence electrons. The monoisotopic (exact) mass is 495 g/mol. The zero-order chi connectivity index (χ0) is 21.4. The first-order valence-electron chi connectivity index (χ1n) is 10.4. The maximum atomic E-state index is 12.9. The normalized spacial score (nSPS) is 18.5. The van der Waals surface area contributed by atoms with Crippen molar-refractivity contribution >= 4 is 32.8 Å². The average molecular weight is 496 g/mol. The van der Waals surface area contributed by atoms with Gasteiger partial charge >= 0.3 is 6.09 Å². The van der Waals surface area contributed by atoms with Crippen molar-refractivity contribution in [2.75, 3.05) is 19.7 Å². The molecule has 2 aliphatic rings. The summed E-state index contributed by atoms with van der Waals surface area (Å²) >= 11 is 3.40. The molecule has 1 amide bonds. The number of hydrogen-bond acceptors (Lipinski definition) is 3. The number of nitrogens with zero attached hydrogens (tertiary/aromatic N) is 1. The van der Waals surface area contributed by atoms with Crippen molar-refractivity contribution in [1.82, 2.24) is 4.90 Å². The van der Waals surface area contributed by atoms with Gasteiger partial charge in [0.05, 0.1) is 16.0 Å². The van der Waals surface area contributed by atoms with Crippen LogP contribution in [0.25, 0.3) is 11.1 Å². The summed E-state index contributed by atoms with van der Waals surface area (Å²) in [7, 11) is -1.14. The zero-order valence-electron chi connectivity index (χ0n) is 16.9. The van der Waals surface area contributed by atoms with Crippen LogP contribution < -0.4 is 0 Å². The van der Waals surface area contributed by atoms with E-state index >= 15 is 0 Å². The maximum absolute atomic E-state index is 12.9. The summed E-state index contributed by atoms with van der Waals surface area (Å²) in [5.41, 5.74) is 4.83. The van der Waals surface area contributed by atoms with Crippen molar-refractivity contribution < 1.29 is 13.7 Å². The third kappa shape index (κ3) is 3.94. The Morgan fingerprint density at radius 2 is 1.58 bits per heavy atom. The molecule has 3 aromatic carbocycles. The quantitative estimate of drug-likeness (QED) is 0.474. The molecule has 0 saturated carbocycles. The smallest absolute Gasteiger partial charge is 0.409 e. The molecule has 5 rings (SSSR count). The Bertz CT molecular complexity index is 1100. The Morgan fingerprint density at radius 3 is 2.23 bits per heavy atom. The number of likely N-dealkylation sites (tertiary alicyclic amines) is 1. The Hall–Kier alpha value is -2.44. The second-order valence-electron chi connectivity index (χ2n) is 7.91. The highest BCUT2D eigenvalue weighted by Crippen LogP contribution is 2.44. The number of carbonyl (C=O) groups is 1. The molecule has 6 heteroatoms. The lowest BCUT2D eigenvalue weighted by atomic mass is 9.98. The number of fused-ring (bicyclic) bond motifs is 3. The first-order valence-corrected chi connectivity index (χ1v) is 12.4. The Labute approximate surface area is 192 Å². The predicted octanol–water partition coefficient (Wildman–Crippen LogP) is 5.58. The van der Waals surface area contributed by atoms with Crippen molar-refractivity contribution in [2.24, 2.45) is 0 Å². The molecule has 0 radical (unpaired) electrons. The van der Waals surface area contributed by atoms with Crippen LogP contribution in [0.2, 0.25) is 0 Å². The number of ether oxygens (including phenoxy) is 1. The maximum Gasteiger partial charge on any atom is 0.409 e. The van der Waals surface area contributed by atoms with E-state index in [0.29, 0.717) is 26.1 Å². The van der Waals surface area contributed by atoms with Crippen LogP contribution in [0, 0.1) is 0 Å². The van der Waals surface area contributed by atoms with Gasteiger partial charge in [0.2, 0.25) is 0 Å². The fourth-order valence-electron chi connectivity index (χ4n) is 4.52. The van der Waals surface area contributed by atoms with Gasteiger partial charge in [0.15, 0.2) is 0 Å². The summed E-state index contributed by atoms with van der Waals surface area (Å²) < 4.78 is 19.6. The summed E-state index contributed by atoms with van der Waals surface area (Å²) in [5, 5.41) is -0.0679. The summed E-state index contributed by atoms with van der Waals surface area (Å²) in [6.45, 7) is 1.34. The molecule has 4 nitrogen and oxygen atoms in total. The van der Waals surface area contributed by atoms with Crippen molar-refractivity contribution in [3.8, 4) is 11.1 Å². The highest BCUT2D eigenvalue weighted by Gasteiger charge is 2.33. The predicted molar refractivity (Wildman–Crippen MR) is 126 cm³/mol. The molecule has 0 aromatic heterocycles. The molecule has 3 aromatic rings. The van der Waals surface area contributed by atoms with Crippen LogP contribution in [0.5, 0.6) is 0 Å². The lowest BCUT2D eigenvalue weighted by Crippen LogP contribution is -2.32. The van der Waals surface area contributed by atoms with Crippen LogP contribution in [0.15, 0.2) is 82.2 Å². The van der Waals surface area contributed by atoms with E-state index in [0.717, 1.165) is 9.37 Å². The summed E-state index contributed by atoms with van der Waals surface area (Å²) in [4.78, 5) is 15.3. The van der Waals surface area contributed by atoms with Crippen LogP contribution in [0.4, 0.5) is 4.79 Å². The number of hydrogen-bond donors (Lipinski definition) is 0. The van der Waals surface area contributed by atoms with Crippen molar-refractivity contribution in [3.63, 3.8) is 0 Å². The molecule has 31 heavy (non-hydrogen) atoms. The molecule has 2 unspecified atom stereocenters. The van der Waals surface area contributed by atoms with Gasteiger partial charge in [-0.2, -0.15) is 0 Å². The van der Waals surface area contributed by atoms with Gasteiger partial charge in [-0.25, -0.2) is 4.79 Å². The third-order valence-corrected chi connectivity index (χ3v) is 8.34. The first-order chi connectivity index (χ1) is 15.1. The van der Waals surface area contributed by atoms with Gasteiger partial charge in [-0.15, -0.1) is 0 Å². The van der Waals surface area contributed by atoms with E-state index in [1.54, 1.807) is 4.90 Å². The molecule has 1 aliphatic heterocycles. The minimum atomic E-state index is -1.14. The van der Waals surface area contributed by atoms with E-state index in [9.17, 15) is 9.00 Å². The third-order valence-electron chi connectivity index (χ3n) is 6.09.